The fraction of sp³-hybridized carbons (Fsp3) is 0.100. The molecule has 1 aliphatic carbocycles. The molecule has 0 spiro atoms. The Morgan fingerprint density at radius 3 is 2.32 bits per heavy atom. The van der Waals surface area contributed by atoms with Gasteiger partial charge in [-0.3, -0.25) is 4.31 Å². The number of nitrogens with zero attached hydrogens (tertiary/aromatic N) is 1. The fourth-order valence-electron chi connectivity index (χ4n) is 2.41. The maximum atomic E-state index is 5.83. The first kappa shape index (κ1) is 19.4. The van der Waals surface area contributed by atoms with Crippen molar-refractivity contribution in [3.05, 3.63) is 90.1 Å². The summed E-state index contributed by atoms with van der Waals surface area (Å²) in [4.78, 5) is 0. The maximum absolute atomic E-state index is 5.83. The molecule has 3 rings (SSSR count). The Hall–Kier alpha value is -1.98. The number of anilines is 1. The lowest BCUT2D eigenvalue weighted by atomic mass is 9.95. The van der Waals surface area contributed by atoms with Gasteiger partial charge in [0, 0.05) is 12.7 Å². The highest BCUT2D eigenvalue weighted by molar-refractivity contribution is 7.96. The minimum atomic E-state index is 0. The zero-order valence-electron chi connectivity index (χ0n) is 14.5. The Morgan fingerprint density at radius 1 is 0.920 bits per heavy atom. The first-order chi connectivity index (χ1) is 11.7. The molecule has 0 radical (unpaired) electrons. The molecule has 0 fully saturated rings. The molecule has 0 bridgehead atoms. The smallest absolute Gasteiger partial charge is 0.179 e. The van der Waals surface area contributed by atoms with Crippen molar-refractivity contribution in [2.45, 2.75) is 6.42 Å². The monoisotopic (exact) mass is 367 g/mol. The van der Waals surface area contributed by atoms with Crippen molar-refractivity contribution in [2.75, 3.05) is 11.4 Å². The first-order valence-electron chi connectivity index (χ1n) is 8.01. The highest BCUT2D eigenvalue weighted by Gasteiger charge is 2.06. The second kappa shape index (κ2) is 9.49. The van der Waals surface area contributed by atoms with E-state index in [4.69, 9.17) is 4.18 Å². The first-order valence-corrected chi connectivity index (χ1v) is 8.71. The molecule has 0 heterocycles. The molecule has 2 aromatic rings. The van der Waals surface area contributed by atoms with Gasteiger partial charge in [-0.25, -0.2) is 0 Å². The molecule has 25 heavy (non-hydrogen) atoms. The lowest BCUT2D eigenvalue weighted by molar-refractivity contribution is 0.518. The van der Waals surface area contributed by atoms with Gasteiger partial charge in [0.25, 0.3) is 0 Å². The molecule has 0 aliphatic heterocycles. The molecule has 0 N–H and O–H groups in total. The average molecular weight is 367 g/mol. The third-order valence-corrected chi connectivity index (χ3v) is 4.55. The van der Waals surface area contributed by atoms with Gasteiger partial charge < -0.3 is 4.18 Å². The molecule has 1 aliphatic rings. The van der Waals surface area contributed by atoms with Crippen molar-refractivity contribution < 1.29 is 4.18 Å². The molecule has 0 aromatic heterocycles. The van der Waals surface area contributed by atoms with Crippen molar-refractivity contribution in [1.29, 1.82) is 0 Å². The molecule has 0 amide bonds. The lowest BCUT2D eigenvalue weighted by Crippen LogP contribution is -2.06. The third-order valence-electron chi connectivity index (χ3n) is 3.85. The molecule has 0 saturated carbocycles. The minimum absolute atomic E-state index is 0. The van der Waals surface area contributed by atoms with E-state index in [1.54, 1.807) is 0 Å². The van der Waals surface area contributed by atoms with E-state index in [9.17, 15) is 0 Å². The predicted molar refractivity (Wildman–Crippen MR) is 118 cm³/mol. The minimum Gasteiger partial charge on any atom is -0.406 e. The second-order valence-corrected chi connectivity index (χ2v) is 6.56. The van der Waals surface area contributed by atoms with Gasteiger partial charge in [0.1, 0.15) is 13.6 Å². The van der Waals surface area contributed by atoms with Gasteiger partial charge in [0.2, 0.25) is 0 Å². The second-order valence-electron chi connectivity index (χ2n) is 5.69. The van der Waals surface area contributed by atoms with Gasteiger partial charge in [0.15, 0.2) is 12.2 Å². The van der Waals surface area contributed by atoms with Gasteiger partial charge in [-0.15, -0.1) is 0 Å². The molecule has 128 valence electrons. The SMILES string of the molecule is BC1=CCC=C(OSN(C)c2ccc(-c3ccccc3)cc2)C=C1.S. The van der Waals surface area contributed by atoms with Crippen molar-refractivity contribution in [1.82, 2.24) is 0 Å². The largest absolute Gasteiger partial charge is 0.406 e. The van der Waals surface area contributed by atoms with Crippen LogP contribution in [0.25, 0.3) is 11.1 Å². The summed E-state index contributed by atoms with van der Waals surface area (Å²) in [5, 5.41) is 0. The van der Waals surface area contributed by atoms with E-state index in [0.29, 0.717) is 0 Å². The van der Waals surface area contributed by atoms with Gasteiger partial charge in [-0.2, -0.15) is 13.5 Å². The molecular weight excluding hydrogens is 345 g/mol. The number of allylic oxidation sites excluding steroid dienone is 5. The highest BCUT2D eigenvalue weighted by atomic mass is 32.2. The Kier molecular flexibility index (Phi) is 7.35. The van der Waals surface area contributed by atoms with E-state index in [1.807, 2.05) is 23.5 Å². The van der Waals surface area contributed by atoms with Gasteiger partial charge in [-0.05, 0) is 41.8 Å². The van der Waals surface area contributed by atoms with Crippen LogP contribution in [0.4, 0.5) is 5.69 Å². The summed E-state index contributed by atoms with van der Waals surface area (Å²) in [6.45, 7) is 0. The van der Waals surface area contributed by atoms with Crippen LogP contribution in [-0.4, -0.2) is 14.9 Å². The van der Waals surface area contributed by atoms with Crippen LogP contribution in [0.1, 0.15) is 6.42 Å². The van der Waals surface area contributed by atoms with E-state index >= 15 is 0 Å². The number of hydrogen-bond donors (Lipinski definition) is 0. The van der Waals surface area contributed by atoms with Crippen LogP contribution in [0.5, 0.6) is 0 Å². The van der Waals surface area contributed by atoms with E-state index < -0.39 is 0 Å². The van der Waals surface area contributed by atoms with Crippen LogP contribution in [0.3, 0.4) is 0 Å². The summed E-state index contributed by atoms with van der Waals surface area (Å²) in [5.41, 5.74) is 4.81. The van der Waals surface area contributed by atoms with Crippen LogP contribution in [-0.2, 0) is 4.18 Å². The molecule has 2 aromatic carbocycles. The van der Waals surface area contributed by atoms with Crippen molar-refractivity contribution in [3.8, 4) is 11.1 Å². The quantitative estimate of drug-likeness (QED) is 0.426. The van der Waals surface area contributed by atoms with Crippen molar-refractivity contribution in [2.24, 2.45) is 0 Å². The van der Waals surface area contributed by atoms with Crippen molar-refractivity contribution in [3.63, 3.8) is 0 Å². The van der Waals surface area contributed by atoms with Crippen LogP contribution >= 0.6 is 25.7 Å². The van der Waals surface area contributed by atoms with Crippen LogP contribution in [0.15, 0.2) is 90.1 Å². The Morgan fingerprint density at radius 2 is 1.60 bits per heavy atom. The molecular formula is C20H22BNOS2. The van der Waals surface area contributed by atoms with Gasteiger partial charge in [-0.1, -0.05) is 60.1 Å². The topological polar surface area (TPSA) is 12.5 Å². The van der Waals surface area contributed by atoms with E-state index in [1.165, 1.54) is 28.8 Å². The summed E-state index contributed by atoms with van der Waals surface area (Å²) in [6.07, 6.45) is 9.27. The van der Waals surface area contributed by atoms with E-state index in [-0.39, 0.29) is 13.5 Å². The third kappa shape index (κ3) is 5.51. The Balaban J connectivity index is 0.00000225. The normalized spacial score (nSPS) is 13.2. The highest BCUT2D eigenvalue weighted by Crippen LogP contribution is 2.27. The summed E-state index contributed by atoms with van der Waals surface area (Å²) in [6, 6.07) is 18.9. The van der Waals surface area contributed by atoms with Gasteiger partial charge >= 0.3 is 0 Å². The fourth-order valence-corrected chi connectivity index (χ4v) is 2.94. The Labute approximate surface area is 162 Å². The number of hydrogen-bond acceptors (Lipinski definition) is 3. The van der Waals surface area contributed by atoms with Crippen molar-refractivity contribution >= 4 is 39.3 Å². The molecule has 2 nitrogen and oxygen atoms in total. The molecule has 0 saturated heterocycles. The summed E-state index contributed by atoms with van der Waals surface area (Å²) in [5.74, 6) is 0.890. The van der Waals surface area contributed by atoms with E-state index in [0.717, 1.165) is 17.9 Å². The molecule has 0 atom stereocenters. The summed E-state index contributed by atoms with van der Waals surface area (Å²) < 4.78 is 7.85. The lowest BCUT2D eigenvalue weighted by Gasteiger charge is -2.17. The van der Waals surface area contributed by atoms with E-state index in [2.05, 4.69) is 74.6 Å². The van der Waals surface area contributed by atoms with Crippen LogP contribution < -0.4 is 4.31 Å². The number of rotatable bonds is 5. The Bertz CT molecular complexity index is 770. The predicted octanol–water partition coefficient (Wildman–Crippen LogP) is 4.84. The molecule has 5 heteroatoms. The zero-order valence-corrected chi connectivity index (χ0v) is 16.3. The standard InChI is InChI=1S/C20H20BNOS.H2S/c1-22(24-23-20-9-5-8-18(21)12-15-20)19-13-10-17(11-14-19)16-6-3-2-4-7-16;/h2-4,6-15H,5,21H2,1H3;1H2. The summed E-state index contributed by atoms with van der Waals surface area (Å²) >= 11 is 1.34. The average Bonchev–Trinajstić information content (AvgIpc) is 2.85. The number of benzene rings is 2. The van der Waals surface area contributed by atoms with Gasteiger partial charge in [0.05, 0.1) is 0 Å². The molecule has 0 unspecified atom stereocenters. The van der Waals surface area contributed by atoms with Crippen LogP contribution in [0, 0.1) is 0 Å². The summed E-state index contributed by atoms with van der Waals surface area (Å²) in [7, 11) is 4.10. The zero-order chi connectivity index (χ0) is 16.8. The van der Waals surface area contributed by atoms with Crippen LogP contribution in [0.2, 0.25) is 0 Å². The maximum Gasteiger partial charge on any atom is 0.179 e.